The first-order valence-electron chi connectivity index (χ1n) is 10.4. The number of amides is 2. The smallest absolute Gasteiger partial charge is 0.253 e. The molecule has 2 aromatic carbocycles. The summed E-state index contributed by atoms with van der Waals surface area (Å²) in [7, 11) is 0. The maximum absolute atomic E-state index is 13.1. The number of halogens is 1. The Bertz CT molecular complexity index is 1150. The van der Waals surface area contributed by atoms with Crippen LogP contribution in [0.5, 0.6) is 0 Å². The van der Waals surface area contributed by atoms with Gasteiger partial charge in [-0.15, -0.1) is 0 Å². The fraction of sp³-hybridized carbons (Fsp3) is 0.348. The Morgan fingerprint density at radius 2 is 2.19 bits per heavy atom. The quantitative estimate of drug-likeness (QED) is 0.540. The van der Waals surface area contributed by atoms with Gasteiger partial charge in [0.2, 0.25) is 0 Å². The molecule has 0 saturated carbocycles. The number of hydrogen-bond acceptors (Lipinski definition) is 5. The molecule has 2 amide bonds. The summed E-state index contributed by atoms with van der Waals surface area (Å²) in [6.45, 7) is 3.01. The first-order chi connectivity index (χ1) is 15.5. The lowest BCUT2D eigenvalue weighted by Crippen LogP contribution is -2.42. The highest BCUT2D eigenvalue weighted by Crippen LogP contribution is 2.25. The molecule has 1 saturated heterocycles. The van der Waals surface area contributed by atoms with Crippen molar-refractivity contribution in [2.75, 3.05) is 36.7 Å². The standard InChI is InChI=1S/C23H25ClN4O3S/c1-14-11-15(3-6-20(14)28-8-9-31-13-21(28)29)23(30)27-18(7-10-32-2)22-25-17-5-4-16(24)12-19(17)26-22/h3-6,11-12,18H,7-10,13H2,1-2H3,(H,25,26)(H,27,30). The lowest BCUT2D eigenvalue weighted by Gasteiger charge is -2.28. The van der Waals surface area contributed by atoms with Gasteiger partial charge in [0.15, 0.2) is 0 Å². The molecule has 9 heteroatoms. The lowest BCUT2D eigenvalue weighted by molar-refractivity contribution is -0.125. The number of benzene rings is 2. The Hall–Kier alpha value is -2.55. The molecule has 1 atom stereocenters. The van der Waals surface area contributed by atoms with Crippen molar-refractivity contribution >= 4 is 51.9 Å². The molecule has 1 aliphatic heterocycles. The molecule has 1 aromatic heterocycles. The summed E-state index contributed by atoms with van der Waals surface area (Å²) in [5.74, 6) is 1.33. The number of H-pyrrole nitrogens is 1. The average Bonchev–Trinajstić information content (AvgIpc) is 3.20. The van der Waals surface area contributed by atoms with Gasteiger partial charge in [-0.25, -0.2) is 4.98 Å². The number of thioether (sulfide) groups is 1. The second-order valence-electron chi connectivity index (χ2n) is 7.69. The van der Waals surface area contributed by atoms with Gasteiger partial charge in [-0.05, 0) is 67.3 Å². The van der Waals surface area contributed by atoms with E-state index in [1.165, 1.54) is 0 Å². The van der Waals surface area contributed by atoms with Gasteiger partial charge in [0.05, 0.1) is 23.7 Å². The summed E-state index contributed by atoms with van der Waals surface area (Å²) >= 11 is 7.81. The minimum Gasteiger partial charge on any atom is -0.370 e. The zero-order valence-electron chi connectivity index (χ0n) is 18.0. The zero-order valence-corrected chi connectivity index (χ0v) is 19.6. The molecule has 0 radical (unpaired) electrons. The third-order valence-corrected chi connectivity index (χ3v) is 6.32. The summed E-state index contributed by atoms with van der Waals surface area (Å²) in [5.41, 5.74) is 3.87. The van der Waals surface area contributed by atoms with Crippen molar-refractivity contribution in [3.63, 3.8) is 0 Å². The number of ether oxygens (including phenoxy) is 1. The number of aromatic amines is 1. The molecule has 3 aromatic rings. The van der Waals surface area contributed by atoms with E-state index in [4.69, 9.17) is 16.3 Å². The van der Waals surface area contributed by atoms with Gasteiger partial charge in [0, 0.05) is 22.8 Å². The largest absolute Gasteiger partial charge is 0.370 e. The van der Waals surface area contributed by atoms with Gasteiger partial charge in [-0.1, -0.05) is 11.6 Å². The molecular weight excluding hydrogens is 448 g/mol. The van der Waals surface area contributed by atoms with E-state index in [1.54, 1.807) is 28.8 Å². The number of aryl methyl sites for hydroxylation is 1. The van der Waals surface area contributed by atoms with E-state index in [0.29, 0.717) is 29.6 Å². The first-order valence-corrected chi connectivity index (χ1v) is 12.2. The molecule has 168 valence electrons. The monoisotopic (exact) mass is 472 g/mol. The molecule has 1 fully saturated rings. The predicted molar refractivity (Wildman–Crippen MR) is 129 cm³/mol. The van der Waals surface area contributed by atoms with E-state index < -0.39 is 0 Å². The van der Waals surface area contributed by atoms with Crippen LogP contribution in [0.4, 0.5) is 5.69 Å². The minimum absolute atomic E-state index is 0.0707. The van der Waals surface area contributed by atoms with Crippen molar-refractivity contribution in [3.05, 3.63) is 58.4 Å². The van der Waals surface area contributed by atoms with Gasteiger partial charge in [0.25, 0.3) is 11.8 Å². The highest BCUT2D eigenvalue weighted by molar-refractivity contribution is 7.98. The Balaban J connectivity index is 1.55. The van der Waals surface area contributed by atoms with E-state index in [0.717, 1.165) is 34.5 Å². The van der Waals surface area contributed by atoms with Crippen LogP contribution >= 0.6 is 23.4 Å². The summed E-state index contributed by atoms with van der Waals surface area (Å²) in [4.78, 5) is 34.9. The van der Waals surface area contributed by atoms with Gasteiger partial charge in [-0.2, -0.15) is 11.8 Å². The normalized spacial score (nSPS) is 15.2. The van der Waals surface area contributed by atoms with Crippen LogP contribution in [0.1, 0.15) is 34.2 Å². The van der Waals surface area contributed by atoms with Crippen molar-refractivity contribution in [2.24, 2.45) is 0 Å². The number of carbonyl (C=O) groups is 2. The van der Waals surface area contributed by atoms with Crippen LogP contribution in [0.15, 0.2) is 36.4 Å². The number of anilines is 1. The number of carbonyl (C=O) groups excluding carboxylic acids is 2. The SMILES string of the molecule is CSCCC(NC(=O)c1ccc(N2CCOCC2=O)c(C)c1)c1nc2ccc(Cl)cc2[nH]1. The van der Waals surface area contributed by atoms with Crippen molar-refractivity contribution in [1.29, 1.82) is 0 Å². The van der Waals surface area contributed by atoms with E-state index in [-0.39, 0.29) is 24.5 Å². The molecule has 32 heavy (non-hydrogen) atoms. The van der Waals surface area contributed by atoms with Crippen molar-refractivity contribution < 1.29 is 14.3 Å². The number of morpholine rings is 1. The van der Waals surface area contributed by atoms with Gasteiger partial charge < -0.3 is 19.9 Å². The topological polar surface area (TPSA) is 87.3 Å². The van der Waals surface area contributed by atoms with E-state index in [9.17, 15) is 9.59 Å². The number of rotatable bonds is 7. The fourth-order valence-corrected chi connectivity index (χ4v) is 4.44. The van der Waals surface area contributed by atoms with Crippen LogP contribution in [0.3, 0.4) is 0 Å². The molecule has 0 spiro atoms. The van der Waals surface area contributed by atoms with Crippen LogP contribution in [-0.4, -0.2) is 53.5 Å². The molecule has 0 aliphatic carbocycles. The Kier molecular flexibility index (Phi) is 7.03. The van der Waals surface area contributed by atoms with E-state index >= 15 is 0 Å². The second kappa shape index (κ2) is 9.94. The Morgan fingerprint density at radius 3 is 2.94 bits per heavy atom. The Labute approximate surface area is 195 Å². The highest BCUT2D eigenvalue weighted by Gasteiger charge is 2.23. The summed E-state index contributed by atoms with van der Waals surface area (Å²) in [6.07, 6.45) is 2.77. The molecule has 1 unspecified atom stereocenters. The molecule has 2 N–H and O–H groups in total. The number of imidazole rings is 1. The fourth-order valence-electron chi connectivity index (χ4n) is 3.79. The summed E-state index contributed by atoms with van der Waals surface area (Å²) in [6, 6.07) is 10.6. The Morgan fingerprint density at radius 1 is 1.34 bits per heavy atom. The number of fused-ring (bicyclic) bond motifs is 1. The van der Waals surface area contributed by atoms with Crippen LogP contribution in [-0.2, 0) is 9.53 Å². The van der Waals surface area contributed by atoms with Crippen LogP contribution < -0.4 is 10.2 Å². The van der Waals surface area contributed by atoms with E-state index in [1.807, 2.05) is 37.4 Å². The highest BCUT2D eigenvalue weighted by atomic mass is 35.5. The molecular formula is C23H25ClN4O3S. The maximum atomic E-state index is 13.1. The molecule has 2 heterocycles. The molecule has 0 bridgehead atoms. The summed E-state index contributed by atoms with van der Waals surface area (Å²) in [5, 5.41) is 3.75. The van der Waals surface area contributed by atoms with E-state index in [2.05, 4.69) is 15.3 Å². The maximum Gasteiger partial charge on any atom is 0.253 e. The second-order valence-corrected chi connectivity index (χ2v) is 9.11. The average molecular weight is 473 g/mol. The third-order valence-electron chi connectivity index (χ3n) is 5.44. The molecule has 1 aliphatic rings. The van der Waals surface area contributed by atoms with Crippen molar-refractivity contribution in [2.45, 2.75) is 19.4 Å². The molecule has 4 rings (SSSR count). The van der Waals surface area contributed by atoms with Crippen molar-refractivity contribution in [1.82, 2.24) is 15.3 Å². The van der Waals surface area contributed by atoms with Crippen molar-refractivity contribution in [3.8, 4) is 0 Å². The first kappa shape index (κ1) is 22.6. The number of nitrogens with one attached hydrogen (secondary N) is 2. The molecule has 7 nitrogen and oxygen atoms in total. The third kappa shape index (κ3) is 4.92. The number of hydrogen-bond donors (Lipinski definition) is 2. The van der Waals surface area contributed by atoms with Crippen LogP contribution in [0, 0.1) is 6.92 Å². The van der Waals surface area contributed by atoms with Gasteiger partial charge in [-0.3, -0.25) is 9.59 Å². The summed E-state index contributed by atoms with van der Waals surface area (Å²) < 4.78 is 5.21. The lowest BCUT2D eigenvalue weighted by atomic mass is 10.1. The predicted octanol–water partition coefficient (Wildman–Crippen LogP) is 4.11. The minimum atomic E-state index is -0.262. The van der Waals surface area contributed by atoms with Gasteiger partial charge in [0.1, 0.15) is 12.4 Å². The van der Waals surface area contributed by atoms with Crippen LogP contribution in [0.2, 0.25) is 5.02 Å². The van der Waals surface area contributed by atoms with Gasteiger partial charge >= 0.3 is 0 Å². The van der Waals surface area contributed by atoms with Crippen LogP contribution in [0.25, 0.3) is 11.0 Å². The zero-order chi connectivity index (χ0) is 22.7. The number of nitrogens with zero attached hydrogens (tertiary/aromatic N) is 2. The number of aromatic nitrogens is 2.